The summed E-state index contributed by atoms with van der Waals surface area (Å²) in [6.07, 6.45) is 0. The molecule has 10 aromatic rings. The Morgan fingerprint density at radius 1 is 0.356 bits per heavy atom. The molecule has 0 radical (unpaired) electrons. The first-order valence-electron chi connectivity index (χ1n) is 20.3. The van der Waals surface area contributed by atoms with Crippen molar-refractivity contribution in [3.8, 4) is 55.8 Å². The SMILES string of the molecule is c1ccc(-c2ccc(N(c3cc(-c4ccccc4)cc(-c4ccccc4)c3)c3cccc4c3-c3ccccc3C43c4ccccc4-c4oc5ccccc5c43)cc2)cc1. The fourth-order valence-corrected chi connectivity index (χ4v) is 10.0. The highest BCUT2D eigenvalue weighted by molar-refractivity contribution is 6.05. The van der Waals surface area contributed by atoms with E-state index in [1.165, 1.54) is 55.6 Å². The van der Waals surface area contributed by atoms with Crippen LogP contribution in [0.3, 0.4) is 0 Å². The molecule has 2 aliphatic carbocycles. The average molecular weight is 752 g/mol. The number of hydrogen-bond donors (Lipinski definition) is 0. The van der Waals surface area contributed by atoms with Gasteiger partial charge in [0.25, 0.3) is 0 Å². The van der Waals surface area contributed by atoms with Crippen LogP contribution >= 0.6 is 0 Å². The van der Waals surface area contributed by atoms with Crippen LogP contribution in [0, 0.1) is 0 Å². The molecule has 0 aliphatic heterocycles. The third-order valence-corrected chi connectivity index (χ3v) is 12.5. The number of anilines is 3. The Balaban J connectivity index is 1.16. The number of rotatable bonds is 6. The lowest BCUT2D eigenvalue weighted by Crippen LogP contribution is -2.26. The quantitative estimate of drug-likeness (QED) is 0.168. The molecule has 1 atom stereocenters. The summed E-state index contributed by atoms with van der Waals surface area (Å²) in [4.78, 5) is 2.48. The van der Waals surface area contributed by atoms with E-state index >= 15 is 0 Å². The van der Waals surface area contributed by atoms with Gasteiger partial charge in [0, 0.05) is 33.5 Å². The third-order valence-electron chi connectivity index (χ3n) is 12.5. The Hall–Kier alpha value is -7.68. The largest absolute Gasteiger partial charge is 0.456 e. The molecule has 1 spiro atoms. The second kappa shape index (κ2) is 13.2. The summed E-state index contributed by atoms with van der Waals surface area (Å²) in [6, 6.07) is 81.6. The van der Waals surface area contributed by atoms with Gasteiger partial charge in [0.2, 0.25) is 0 Å². The van der Waals surface area contributed by atoms with Crippen molar-refractivity contribution in [1.29, 1.82) is 0 Å². The van der Waals surface area contributed by atoms with Gasteiger partial charge < -0.3 is 9.32 Å². The number of hydrogen-bond acceptors (Lipinski definition) is 2. The topological polar surface area (TPSA) is 16.4 Å². The third kappa shape index (κ3) is 5.00. The molecule has 0 saturated carbocycles. The van der Waals surface area contributed by atoms with Crippen molar-refractivity contribution in [2.45, 2.75) is 5.41 Å². The molecular weight excluding hydrogens is 715 g/mol. The van der Waals surface area contributed by atoms with E-state index in [0.29, 0.717) is 0 Å². The van der Waals surface area contributed by atoms with Gasteiger partial charge in [-0.3, -0.25) is 0 Å². The minimum atomic E-state index is -0.565. The normalized spacial score (nSPS) is 14.5. The molecule has 1 heterocycles. The van der Waals surface area contributed by atoms with E-state index in [1.807, 2.05) is 0 Å². The van der Waals surface area contributed by atoms with E-state index in [-0.39, 0.29) is 0 Å². The summed E-state index contributed by atoms with van der Waals surface area (Å²) in [5, 5.41) is 1.16. The van der Waals surface area contributed by atoms with Crippen molar-refractivity contribution in [3.63, 3.8) is 0 Å². The molecule has 1 aromatic heterocycles. The van der Waals surface area contributed by atoms with Gasteiger partial charge in [0.15, 0.2) is 0 Å². The molecule has 2 heteroatoms. The standard InChI is InChI=1S/C57H37NO/c1-4-17-38(18-5-1)41-31-33-44(34-32-41)58(45-36-42(39-19-6-2-7-20-39)35-43(37-45)40-21-8-3-9-22-40)52-29-16-28-51-54(52)46-23-10-13-26-49(46)57(51)50-27-14-11-24-47(50)56-55(57)48-25-12-15-30-53(48)59-56/h1-37H. The van der Waals surface area contributed by atoms with E-state index < -0.39 is 5.41 Å². The summed E-state index contributed by atoms with van der Waals surface area (Å²) in [5.74, 6) is 0.964. The Morgan fingerprint density at radius 3 is 1.53 bits per heavy atom. The van der Waals surface area contributed by atoms with Crippen molar-refractivity contribution in [2.24, 2.45) is 0 Å². The van der Waals surface area contributed by atoms with Gasteiger partial charge >= 0.3 is 0 Å². The smallest absolute Gasteiger partial charge is 0.140 e. The van der Waals surface area contributed by atoms with Crippen molar-refractivity contribution >= 4 is 28.0 Å². The summed E-state index contributed by atoms with van der Waals surface area (Å²) in [7, 11) is 0. The summed E-state index contributed by atoms with van der Waals surface area (Å²) in [6.45, 7) is 0. The predicted molar refractivity (Wildman–Crippen MR) is 244 cm³/mol. The van der Waals surface area contributed by atoms with Crippen molar-refractivity contribution in [1.82, 2.24) is 0 Å². The second-order valence-corrected chi connectivity index (χ2v) is 15.6. The zero-order chi connectivity index (χ0) is 38.9. The molecule has 1 unspecified atom stereocenters. The fourth-order valence-electron chi connectivity index (χ4n) is 10.0. The van der Waals surface area contributed by atoms with Crippen LogP contribution in [0.1, 0.15) is 22.3 Å². The monoisotopic (exact) mass is 751 g/mol. The average Bonchev–Trinajstić information content (AvgIpc) is 3.94. The molecule has 0 saturated heterocycles. The minimum absolute atomic E-state index is 0.565. The number of para-hydroxylation sites is 1. The number of fused-ring (bicyclic) bond motifs is 12. The van der Waals surface area contributed by atoms with Gasteiger partial charge in [0.1, 0.15) is 11.3 Å². The maximum Gasteiger partial charge on any atom is 0.140 e. The van der Waals surface area contributed by atoms with Gasteiger partial charge in [-0.25, -0.2) is 0 Å². The van der Waals surface area contributed by atoms with Gasteiger partial charge in [-0.15, -0.1) is 0 Å². The van der Waals surface area contributed by atoms with Crippen LogP contribution in [0.2, 0.25) is 0 Å². The van der Waals surface area contributed by atoms with Crippen molar-refractivity contribution in [2.75, 3.05) is 4.90 Å². The zero-order valence-corrected chi connectivity index (χ0v) is 32.2. The van der Waals surface area contributed by atoms with Gasteiger partial charge in [-0.05, 0) is 98.1 Å². The molecule has 0 amide bonds. The van der Waals surface area contributed by atoms with Gasteiger partial charge in [-0.1, -0.05) is 182 Å². The van der Waals surface area contributed by atoms with Gasteiger partial charge in [0.05, 0.1) is 11.1 Å². The van der Waals surface area contributed by atoms with Crippen LogP contribution < -0.4 is 4.90 Å². The van der Waals surface area contributed by atoms with Crippen molar-refractivity contribution in [3.05, 3.63) is 247 Å². The Labute approximate surface area is 343 Å². The highest BCUT2D eigenvalue weighted by atomic mass is 16.3. The summed E-state index contributed by atoms with van der Waals surface area (Å²) in [5.41, 5.74) is 19.4. The highest BCUT2D eigenvalue weighted by Gasteiger charge is 2.55. The van der Waals surface area contributed by atoms with Crippen LogP contribution in [0.5, 0.6) is 0 Å². The van der Waals surface area contributed by atoms with Crippen LogP contribution in [-0.2, 0) is 5.41 Å². The molecule has 0 fully saturated rings. The molecule has 9 aromatic carbocycles. The first kappa shape index (κ1) is 33.5. The zero-order valence-electron chi connectivity index (χ0n) is 32.2. The van der Waals surface area contributed by atoms with Crippen LogP contribution in [-0.4, -0.2) is 0 Å². The lowest BCUT2D eigenvalue weighted by Gasteiger charge is -2.31. The minimum Gasteiger partial charge on any atom is -0.456 e. The maximum atomic E-state index is 6.82. The van der Waals surface area contributed by atoms with Crippen LogP contribution in [0.25, 0.3) is 66.8 Å². The first-order valence-corrected chi connectivity index (χ1v) is 20.3. The second-order valence-electron chi connectivity index (χ2n) is 15.6. The Morgan fingerprint density at radius 2 is 0.864 bits per heavy atom. The predicted octanol–water partition coefficient (Wildman–Crippen LogP) is 15.2. The van der Waals surface area contributed by atoms with Crippen LogP contribution in [0.15, 0.2) is 229 Å². The lowest BCUT2D eigenvalue weighted by atomic mass is 9.70. The number of furan rings is 1. The highest BCUT2D eigenvalue weighted by Crippen LogP contribution is 2.66. The Bertz CT molecular complexity index is 3140. The van der Waals surface area contributed by atoms with Gasteiger partial charge in [-0.2, -0.15) is 0 Å². The van der Waals surface area contributed by atoms with E-state index in [9.17, 15) is 0 Å². The molecule has 0 N–H and O–H groups in total. The molecule has 276 valence electrons. The summed E-state index contributed by atoms with van der Waals surface area (Å²) < 4.78 is 6.82. The molecule has 2 aliphatic rings. The summed E-state index contributed by atoms with van der Waals surface area (Å²) >= 11 is 0. The molecule has 59 heavy (non-hydrogen) atoms. The van der Waals surface area contributed by atoms with E-state index in [1.54, 1.807) is 0 Å². The number of nitrogens with zero attached hydrogens (tertiary/aromatic N) is 1. The number of benzene rings is 9. The van der Waals surface area contributed by atoms with E-state index in [4.69, 9.17) is 4.42 Å². The van der Waals surface area contributed by atoms with Crippen LogP contribution in [0.4, 0.5) is 17.1 Å². The Kier molecular flexibility index (Phi) is 7.48. The molecular formula is C57H37NO. The first-order chi connectivity index (χ1) is 29.3. The van der Waals surface area contributed by atoms with Crippen molar-refractivity contribution < 1.29 is 4.42 Å². The van der Waals surface area contributed by atoms with E-state index in [2.05, 4.69) is 229 Å². The molecule has 0 bridgehead atoms. The molecule has 2 nitrogen and oxygen atoms in total. The van der Waals surface area contributed by atoms with E-state index in [0.717, 1.165) is 50.5 Å². The maximum absolute atomic E-state index is 6.82. The fraction of sp³-hybridized carbons (Fsp3) is 0.0175. The lowest BCUT2D eigenvalue weighted by molar-refractivity contribution is 0.628. The molecule has 12 rings (SSSR count).